The van der Waals surface area contributed by atoms with Crippen LogP contribution in [-0.4, -0.2) is 46.2 Å². The number of benzene rings is 1. The molecule has 1 aromatic carbocycles. The lowest BCUT2D eigenvalue weighted by molar-refractivity contribution is -0.123. The number of imide groups is 1. The van der Waals surface area contributed by atoms with Crippen LogP contribution in [0.5, 0.6) is 0 Å². The van der Waals surface area contributed by atoms with Gasteiger partial charge in [-0.3, -0.25) is 10.1 Å². The minimum atomic E-state index is -3.52. The molecular formula is C12H13ClN2O6S. The zero-order valence-corrected chi connectivity index (χ0v) is 13.2. The molecular weight excluding hydrogens is 336 g/mol. The van der Waals surface area contributed by atoms with Crippen molar-refractivity contribution in [2.24, 2.45) is 0 Å². The maximum absolute atomic E-state index is 11.8. The number of urea groups is 1. The Hall–Kier alpha value is -2.13. The van der Waals surface area contributed by atoms with E-state index in [4.69, 9.17) is 11.6 Å². The van der Waals surface area contributed by atoms with E-state index in [2.05, 4.69) is 10.1 Å². The molecule has 22 heavy (non-hydrogen) atoms. The predicted molar refractivity (Wildman–Crippen MR) is 77.4 cm³/mol. The summed E-state index contributed by atoms with van der Waals surface area (Å²) in [6.07, 6.45) is 0.974. The molecule has 0 fully saturated rings. The summed E-state index contributed by atoms with van der Waals surface area (Å²) < 4.78 is 27.5. The SMILES string of the molecule is CNC(=O)NC(=O)COC(=O)c1cc(S(C)(=O)=O)ccc1Cl. The van der Waals surface area contributed by atoms with Gasteiger partial charge in [-0.15, -0.1) is 0 Å². The van der Waals surface area contributed by atoms with Gasteiger partial charge >= 0.3 is 12.0 Å². The summed E-state index contributed by atoms with van der Waals surface area (Å²) in [6, 6.07) is 2.78. The molecule has 8 nitrogen and oxygen atoms in total. The molecule has 0 atom stereocenters. The van der Waals surface area contributed by atoms with Crippen molar-refractivity contribution >= 4 is 39.3 Å². The number of nitrogens with one attached hydrogen (secondary N) is 2. The molecule has 120 valence electrons. The fourth-order valence-electron chi connectivity index (χ4n) is 1.33. The summed E-state index contributed by atoms with van der Waals surface area (Å²) in [7, 11) is -2.21. The molecule has 0 saturated heterocycles. The van der Waals surface area contributed by atoms with Crippen LogP contribution < -0.4 is 10.6 Å². The average molecular weight is 349 g/mol. The van der Waals surface area contributed by atoms with Crippen LogP contribution in [0.25, 0.3) is 0 Å². The lowest BCUT2D eigenvalue weighted by Gasteiger charge is -2.08. The van der Waals surface area contributed by atoms with Crippen molar-refractivity contribution in [2.45, 2.75) is 4.90 Å². The molecule has 0 radical (unpaired) electrons. The number of carbonyl (C=O) groups excluding carboxylic acids is 3. The van der Waals surface area contributed by atoms with Crippen molar-refractivity contribution in [2.75, 3.05) is 19.9 Å². The Morgan fingerprint density at radius 3 is 2.45 bits per heavy atom. The highest BCUT2D eigenvalue weighted by atomic mass is 35.5. The van der Waals surface area contributed by atoms with Crippen LogP contribution in [-0.2, 0) is 19.4 Å². The standard InChI is InChI=1S/C12H13ClN2O6S/c1-14-12(18)15-10(16)6-21-11(17)8-5-7(22(2,19)20)3-4-9(8)13/h3-5H,6H2,1-2H3,(H2,14,15,16,18). The van der Waals surface area contributed by atoms with Crippen molar-refractivity contribution in [3.63, 3.8) is 0 Å². The van der Waals surface area contributed by atoms with Crippen LogP contribution >= 0.6 is 11.6 Å². The molecule has 0 unspecified atom stereocenters. The molecule has 0 aliphatic carbocycles. The summed E-state index contributed by atoms with van der Waals surface area (Å²) in [5, 5.41) is 4.02. The highest BCUT2D eigenvalue weighted by Gasteiger charge is 2.18. The van der Waals surface area contributed by atoms with Gasteiger partial charge in [-0.05, 0) is 18.2 Å². The van der Waals surface area contributed by atoms with Gasteiger partial charge in [-0.2, -0.15) is 0 Å². The van der Waals surface area contributed by atoms with E-state index in [1.54, 1.807) is 0 Å². The lowest BCUT2D eigenvalue weighted by Crippen LogP contribution is -2.39. The number of hydrogen-bond acceptors (Lipinski definition) is 6. The van der Waals surface area contributed by atoms with E-state index in [9.17, 15) is 22.8 Å². The van der Waals surface area contributed by atoms with Gasteiger partial charge in [0, 0.05) is 13.3 Å². The molecule has 0 spiro atoms. The molecule has 1 aromatic rings. The van der Waals surface area contributed by atoms with Crippen LogP contribution in [0.4, 0.5) is 4.79 Å². The van der Waals surface area contributed by atoms with Gasteiger partial charge in [-0.25, -0.2) is 18.0 Å². The second-order valence-electron chi connectivity index (χ2n) is 4.12. The number of hydrogen-bond donors (Lipinski definition) is 2. The highest BCUT2D eigenvalue weighted by Crippen LogP contribution is 2.21. The van der Waals surface area contributed by atoms with Crippen molar-refractivity contribution in [3.8, 4) is 0 Å². The second-order valence-corrected chi connectivity index (χ2v) is 6.54. The van der Waals surface area contributed by atoms with Gasteiger partial charge in [0.2, 0.25) is 0 Å². The number of rotatable bonds is 4. The third kappa shape index (κ3) is 5.01. The first-order chi connectivity index (χ1) is 10.1. The van der Waals surface area contributed by atoms with E-state index in [1.165, 1.54) is 19.2 Å². The zero-order chi connectivity index (χ0) is 16.9. The second kappa shape index (κ2) is 7.23. The Morgan fingerprint density at radius 1 is 1.27 bits per heavy atom. The smallest absolute Gasteiger partial charge is 0.340 e. The normalized spacial score (nSPS) is 10.7. The van der Waals surface area contributed by atoms with Crippen LogP contribution in [0.1, 0.15) is 10.4 Å². The van der Waals surface area contributed by atoms with E-state index >= 15 is 0 Å². The van der Waals surface area contributed by atoms with E-state index in [0.717, 1.165) is 12.3 Å². The highest BCUT2D eigenvalue weighted by molar-refractivity contribution is 7.90. The first-order valence-corrected chi connectivity index (χ1v) is 8.10. The lowest BCUT2D eigenvalue weighted by atomic mass is 10.2. The molecule has 1 rings (SSSR count). The number of halogens is 1. The molecule has 0 aromatic heterocycles. The first kappa shape index (κ1) is 17.9. The van der Waals surface area contributed by atoms with Gasteiger partial charge in [0.25, 0.3) is 5.91 Å². The zero-order valence-electron chi connectivity index (χ0n) is 11.7. The third-order valence-electron chi connectivity index (χ3n) is 2.40. The van der Waals surface area contributed by atoms with Crippen molar-refractivity contribution < 1.29 is 27.5 Å². The van der Waals surface area contributed by atoms with Crippen molar-refractivity contribution in [1.29, 1.82) is 0 Å². The van der Waals surface area contributed by atoms with Crippen LogP contribution in [0.15, 0.2) is 23.1 Å². The Balaban J connectivity index is 2.82. The van der Waals surface area contributed by atoms with E-state index in [0.29, 0.717) is 0 Å². The molecule has 3 amide bonds. The number of esters is 1. The largest absolute Gasteiger partial charge is 0.452 e. The summed E-state index contributed by atoms with van der Waals surface area (Å²) in [6.45, 7) is -0.717. The Labute approximate surface area is 131 Å². The van der Waals surface area contributed by atoms with Crippen LogP contribution in [0, 0.1) is 0 Å². The van der Waals surface area contributed by atoms with Crippen molar-refractivity contribution in [1.82, 2.24) is 10.6 Å². The van der Waals surface area contributed by atoms with E-state index < -0.39 is 34.4 Å². The molecule has 0 bridgehead atoms. The molecule has 0 heterocycles. The minimum Gasteiger partial charge on any atom is -0.452 e. The maximum atomic E-state index is 11.8. The number of sulfone groups is 1. The summed E-state index contributed by atoms with van der Waals surface area (Å²) in [5.74, 6) is -1.83. The molecule has 0 aliphatic rings. The third-order valence-corrected chi connectivity index (χ3v) is 3.84. The monoisotopic (exact) mass is 348 g/mol. The Bertz CT molecular complexity index is 716. The number of amides is 3. The van der Waals surface area contributed by atoms with Gasteiger partial charge in [0.1, 0.15) is 0 Å². The molecule has 0 aliphatic heterocycles. The van der Waals surface area contributed by atoms with Gasteiger partial charge in [-0.1, -0.05) is 11.6 Å². The fourth-order valence-corrected chi connectivity index (χ4v) is 2.17. The van der Waals surface area contributed by atoms with E-state index in [-0.39, 0.29) is 15.5 Å². The maximum Gasteiger partial charge on any atom is 0.340 e. The minimum absolute atomic E-state index is 0.0240. The summed E-state index contributed by atoms with van der Waals surface area (Å²) >= 11 is 5.80. The quantitative estimate of drug-likeness (QED) is 0.758. The number of carbonyl (C=O) groups is 3. The predicted octanol–water partition coefficient (Wildman–Crippen LogP) is 0.356. The van der Waals surface area contributed by atoms with Crippen LogP contribution in [0.3, 0.4) is 0 Å². The molecule has 0 saturated carbocycles. The first-order valence-electron chi connectivity index (χ1n) is 5.83. The van der Waals surface area contributed by atoms with Gasteiger partial charge < -0.3 is 10.1 Å². The Morgan fingerprint density at radius 2 is 1.91 bits per heavy atom. The molecule has 2 N–H and O–H groups in total. The Kier molecular flexibility index (Phi) is 5.89. The van der Waals surface area contributed by atoms with Gasteiger partial charge in [0.15, 0.2) is 16.4 Å². The van der Waals surface area contributed by atoms with Crippen LogP contribution in [0.2, 0.25) is 5.02 Å². The van der Waals surface area contributed by atoms with E-state index in [1.807, 2.05) is 5.32 Å². The molecule has 10 heteroatoms. The summed E-state index contributed by atoms with van der Waals surface area (Å²) in [5.41, 5.74) is -0.197. The van der Waals surface area contributed by atoms with Crippen molar-refractivity contribution in [3.05, 3.63) is 28.8 Å². The average Bonchev–Trinajstić information content (AvgIpc) is 2.43. The summed E-state index contributed by atoms with van der Waals surface area (Å²) in [4.78, 5) is 33.9. The fraction of sp³-hybridized carbons (Fsp3) is 0.250. The van der Waals surface area contributed by atoms with Gasteiger partial charge in [0.05, 0.1) is 15.5 Å². The number of ether oxygens (including phenoxy) is 1. The topological polar surface area (TPSA) is 119 Å².